The second-order valence-corrected chi connectivity index (χ2v) is 7.06. The van der Waals surface area contributed by atoms with Crippen LogP contribution in [0.1, 0.15) is 28.4 Å². The van der Waals surface area contributed by atoms with Crippen LogP contribution in [0, 0.1) is 0 Å². The third kappa shape index (κ3) is 2.62. The van der Waals surface area contributed by atoms with Crippen molar-refractivity contribution in [1.29, 1.82) is 0 Å². The molecule has 0 saturated heterocycles. The van der Waals surface area contributed by atoms with Gasteiger partial charge in [0.15, 0.2) is 6.61 Å². The lowest BCUT2D eigenvalue weighted by Crippen LogP contribution is -2.03. The maximum Gasteiger partial charge on any atom is 0.348 e. The minimum absolute atomic E-state index is 0.00186. The molecule has 7 heteroatoms. The molecule has 0 N–H and O–H groups in total. The molecule has 0 atom stereocenters. The van der Waals surface area contributed by atoms with Crippen LogP contribution in [0.3, 0.4) is 0 Å². The van der Waals surface area contributed by atoms with Gasteiger partial charge in [-0.2, -0.15) is 0 Å². The fourth-order valence-corrected chi connectivity index (χ4v) is 4.71. The van der Waals surface area contributed by atoms with Crippen LogP contribution < -0.4 is 0 Å². The smallest absolute Gasteiger partial charge is 0.348 e. The fourth-order valence-electron chi connectivity index (χ4n) is 2.29. The van der Waals surface area contributed by atoms with Gasteiger partial charge in [-0.05, 0) is 12.1 Å². The molecule has 0 unspecified atom stereocenters. The van der Waals surface area contributed by atoms with Crippen LogP contribution in [-0.2, 0) is 17.8 Å². The first-order valence-electron chi connectivity index (χ1n) is 7.14. The van der Waals surface area contributed by atoms with Gasteiger partial charge in [-0.15, -0.1) is 32.9 Å². The van der Waals surface area contributed by atoms with Gasteiger partial charge in [0.25, 0.3) is 5.89 Å². The second-order valence-electron chi connectivity index (χ2n) is 4.92. The standard InChI is InChI=1S/C16H12N2O3S2/c1-2-13-17-18-14(21-13)8-20-16(19)12-7-11-15(23-12)9-5-3-4-6-10(9)22-11/h3-7H,2,8H2,1H3. The molecule has 0 spiro atoms. The number of ether oxygens (including phenoxy) is 1. The molecule has 4 rings (SSSR count). The van der Waals surface area contributed by atoms with E-state index in [0.717, 1.165) is 9.40 Å². The summed E-state index contributed by atoms with van der Waals surface area (Å²) in [4.78, 5) is 12.8. The zero-order valence-corrected chi connectivity index (χ0v) is 13.9. The summed E-state index contributed by atoms with van der Waals surface area (Å²) in [5, 5.41) is 8.86. The Morgan fingerprint density at radius 2 is 2.00 bits per heavy atom. The molecule has 5 nitrogen and oxygen atoms in total. The zero-order chi connectivity index (χ0) is 15.8. The fraction of sp³-hybridized carbons (Fsp3) is 0.188. The van der Waals surface area contributed by atoms with E-state index in [-0.39, 0.29) is 12.6 Å². The maximum atomic E-state index is 12.2. The Morgan fingerprint density at radius 1 is 1.17 bits per heavy atom. The lowest BCUT2D eigenvalue weighted by Gasteiger charge is -1.98. The minimum Gasteiger partial charge on any atom is -0.451 e. The van der Waals surface area contributed by atoms with Crippen molar-refractivity contribution >= 4 is 48.1 Å². The largest absolute Gasteiger partial charge is 0.451 e. The van der Waals surface area contributed by atoms with Crippen LogP contribution in [0.2, 0.25) is 0 Å². The van der Waals surface area contributed by atoms with E-state index in [1.165, 1.54) is 21.4 Å². The van der Waals surface area contributed by atoms with Crippen molar-refractivity contribution in [2.24, 2.45) is 0 Å². The van der Waals surface area contributed by atoms with Crippen molar-refractivity contribution in [3.8, 4) is 0 Å². The molecule has 0 amide bonds. The van der Waals surface area contributed by atoms with E-state index in [1.807, 2.05) is 25.1 Å². The van der Waals surface area contributed by atoms with Crippen LogP contribution in [0.25, 0.3) is 19.5 Å². The molecule has 23 heavy (non-hydrogen) atoms. The monoisotopic (exact) mass is 344 g/mol. The predicted molar refractivity (Wildman–Crippen MR) is 90.0 cm³/mol. The number of hydrogen-bond acceptors (Lipinski definition) is 7. The molecule has 116 valence electrons. The van der Waals surface area contributed by atoms with Crippen molar-refractivity contribution in [3.05, 3.63) is 47.0 Å². The molecule has 0 aliphatic carbocycles. The SMILES string of the molecule is CCc1nnc(COC(=O)c2cc3sc4ccccc4c3s2)o1. The van der Waals surface area contributed by atoms with Crippen molar-refractivity contribution in [3.63, 3.8) is 0 Å². The zero-order valence-electron chi connectivity index (χ0n) is 12.2. The van der Waals surface area contributed by atoms with E-state index in [9.17, 15) is 4.79 Å². The number of aryl methyl sites for hydroxylation is 1. The highest BCUT2D eigenvalue weighted by atomic mass is 32.1. The minimum atomic E-state index is -0.362. The molecule has 0 bridgehead atoms. The van der Waals surface area contributed by atoms with E-state index in [4.69, 9.17) is 9.15 Å². The van der Waals surface area contributed by atoms with Crippen molar-refractivity contribution < 1.29 is 13.9 Å². The van der Waals surface area contributed by atoms with Gasteiger partial charge >= 0.3 is 5.97 Å². The van der Waals surface area contributed by atoms with Gasteiger partial charge < -0.3 is 9.15 Å². The van der Waals surface area contributed by atoms with E-state index in [1.54, 1.807) is 11.3 Å². The number of benzene rings is 1. The van der Waals surface area contributed by atoms with Crippen molar-refractivity contribution in [2.75, 3.05) is 0 Å². The Morgan fingerprint density at radius 3 is 2.83 bits per heavy atom. The molecule has 0 radical (unpaired) electrons. The summed E-state index contributed by atoms with van der Waals surface area (Å²) >= 11 is 3.14. The molecule has 3 aromatic heterocycles. The van der Waals surface area contributed by atoms with Gasteiger partial charge in [0.05, 0.1) is 4.70 Å². The number of carbonyl (C=O) groups is 1. The summed E-state index contributed by atoms with van der Waals surface area (Å²) in [5.41, 5.74) is 0. The normalized spacial score (nSPS) is 11.3. The molecule has 0 aliphatic heterocycles. The third-order valence-corrected chi connectivity index (χ3v) is 5.78. The van der Waals surface area contributed by atoms with Gasteiger partial charge in [-0.3, -0.25) is 0 Å². The highest BCUT2D eigenvalue weighted by Crippen LogP contribution is 2.39. The third-order valence-electron chi connectivity index (χ3n) is 3.39. The topological polar surface area (TPSA) is 65.2 Å². The Hall–Kier alpha value is -2.25. The molecule has 3 heterocycles. The number of fused-ring (bicyclic) bond motifs is 3. The Kier molecular flexibility index (Phi) is 3.59. The average molecular weight is 344 g/mol. The van der Waals surface area contributed by atoms with Gasteiger partial charge in [-0.1, -0.05) is 25.1 Å². The first-order chi connectivity index (χ1) is 11.2. The summed E-state index contributed by atoms with van der Waals surface area (Å²) in [5.74, 6) is 0.497. The van der Waals surface area contributed by atoms with Crippen LogP contribution in [-0.4, -0.2) is 16.2 Å². The molecule has 0 aliphatic rings. The van der Waals surface area contributed by atoms with E-state index >= 15 is 0 Å². The number of esters is 1. The average Bonchev–Trinajstić information content (AvgIpc) is 3.26. The first-order valence-corrected chi connectivity index (χ1v) is 8.77. The molecule has 4 aromatic rings. The number of aromatic nitrogens is 2. The quantitative estimate of drug-likeness (QED) is 0.513. The van der Waals surface area contributed by atoms with Crippen LogP contribution in [0.5, 0.6) is 0 Å². The van der Waals surface area contributed by atoms with Crippen LogP contribution in [0.4, 0.5) is 0 Å². The van der Waals surface area contributed by atoms with Gasteiger partial charge in [-0.25, -0.2) is 4.79 Å². The lowest BCUT2D eigenvalue weighted by molar-refractivity contribution is 0.0442. The molecular formula is C16H12N2O3S2. The number of rotatable bonds is 4. The van der Waals surface area contributed by atoms with Crippen LogP contribution in [0.15, 0.2) is 34.7 Å². The summed E-state index contributed by atoms with van der Waals surface area (Å²) in [6.07, 6.45) is 0.662. The lowest BCUT2D eigenvalue weighted by atomic mass is 10.2. The van der Waals surface area contributed by atoms with E-state index in [2.05, 4.69) is 22.3 Å². The molecule has 0 fully saturated rings. The van der Waals surface area contributed by atoms with Gasteiger partial charge in [0.1, 0.15) is 4.88 Å². The summed E-state index contributed by atoms with van der Waals surface area (Å²) in [6, 6.07) is 10.1. The Balaban J connectivity index is 1.54. The summed E-state index contributed by atoms with van der Waals surface area (Å²) in [6.45, 7) is 1.92. The summed E-state index contributed by atoms with van der Waals surface area (Å²) < 4.78 is 14.1. The Bertz CT molecular complexity index is 999. The second kappa shape index (κ2) is 5.75. The highest BCUT2D eigenvalue weighted by molar-refractivity contribution is 7.33. The number of hydrogen-bond donors (Lipinski definition) is 0. The first kappa shape index (κ1) is 14.3. The number of carbonyl (C=O) groups excluding carboxylic acids is 1. The van der Waals surface area contributed by atoms with Crippen LogP contribution >= 0.6 is 22.7 Å². The molecule has 0 saturated carbocycles. The highest BCUT2D eigenvalue weighted by Gasteiger charge is 2.16. The van der Waals surface area contributed by atoms with E-state index in [0.29, 0.717) is 23.1 Å². The number of thiophene rings is 2. The maximum absolute atomic E-state index is 12.2. The predicted octanol–water partition coefficient (Wildman–Crippen LogP) is 4.42. The number of nitrogens with zero attached hydrogens (tertiary/aromatic N) is 2. The van der Waals surface area contributed by atoms with Gasteiger partial charge in [0.2, 0.25) is 5.89 Å². The molecular weight excluding hydrogens is 332 g/mol. The van der Waals surface area contributed by atoms with E-state index < -0.39 is 0 Å². The summed E-state index contributed by atoms with van der Waals surface area (Å²) in [7, 11) is 0. The molecule has 1 aromatic carbocycles. The van der Waals surface area contributed by atoms with Gasteiger partial charge in [0, 0.05) is 21.2 Å². The Labute approximate surface area is 139 Å². The van der Waals surface area contributed by atoms with Crippen molar-refractivity contribution in [1.82, 2.24) is 10.2 Å². The van der Waals surface area contributed by atoms with Crippen molar-refractivity contribution in [2.45, 2.75) is 20.0 Å².